The molecule has 3 heterocycles. The molecule has 0 spiro atoms. The number of hydrogen-bond acceptors (Lipinski definition) is 5. The Balaban J connectivity index is 1.51. The van der Waals surface area contributed by atoms with Gasteiger partial charge in [0.15, 0.2) is 5.65 Å². The van der Waals surface area contributed by atoms with Crippen LogP contribution in [0.25, 0.3) is 5.65 Å². The number of amides is 1. The summed E-state index contributed by atoms with van der Waals surface area (Å²) in [5.41, 5.74) is -1.71. The average molecular weight is 464 g/mol. The number of aliphatic hydroxyl groups excluding tert-OH is 1. The number of carbonyl (C=O) groups excluding carboxylic acids is 1. The third-order valence-electron chi connectivity index (χ3n) is 6.27. The number of rotatable bonds is 4. The molecule has 2 aliphatic rings. The second-order valence-corrected chi connectivity index (χ2v) is 8.45. The molecule has 1 unspecified atom stereocenters. The number of alkyl halides is 3. The lowest BCUT2D eigenvalue weighted by atomic mass is 9.79. The minimum Gasteiger partial charge on any atom is -0.388 e. The summed E-state index contributed by atoms with van der Waals surface area (Å²) in [6.07, 6.45) is 0.777. The van der Waals surface area contributed by atoms with Gasteiger partial charge < -0.3 is 15.2 Å². The number of halogens is 4. The highest BCUT2D eigenvalue weighted by atomic mass is 19.4. The molecule has 1 aliphatic carbocycles. The second kappa shape index (κ2) is 7.77. The Morgan fingerprint density at radius 3 is 2.73 bits per heavy atom. The van der Waals surface area contributed by atoms with Crippen molar-refractivity contribution in [1.82, 2.24) is 19.9 Å². The van der Waals surface area contributed by atoms with E-state index in [9.17, 15) is 27.5 Å². The Hall–Kier alpha value is -3.05. The molecule has 2 fully saturated rings. The molecule has 1 saturated carbocycles. The highest BCUT2D eigenvalue weighted by Crippen LogP contribution is 2.40. The Bertz CT molecular complexity index is 1220. The van der Waals surface area contributed by atoms with Crippen molar-refractivity contribution in [3.8, 4) is 0 Å². The van der Waals surface area contributed by atoms with E-state index in [0.717, 1.165) is 30.5 Å². The van der Waals surface area contributed by atoms with Crippen molar-refractivity contribution >= 4 is 11.6 Å². The van der Waals surface area contributed by atoms with Crippen LogP contribution in [0.5, 0.6) is 0 Å². The zero-order valence-electron chi connectivity index (χ0n) is 17.3. The monoisotopic (exact) mass is 464 g/mol. The van der Waals surface area contributed by atoms with Gasteiger partial charge in [-0.15, -0.1) is 0 Å². The second-order valence-electron chi connectivity index (χ2n) is 8.45. The molecule has 1 aliphatic heterocycles. The molecule has 2 aromatic heterocycles. The van der Waals surface area contributed by atoms with Crippen LogP contribution in [0.3, 0.4) is 0 Å². The van der Waals surface area contributed by atoms with Crippen LogP contribution in [0.1, 0.15) is 52.2 Å². The first-order chi connectivity index (χ1) is 15.7. The smallest absolute Gasteiger partial charge is 0.388 e. The van der Waals surface area contributed by atoms with Gasteiger partial charge in [-0.05, 0) is 36.5 Å². The standard InChI is InChI=1S/C22H20F4N4O3/c23-17-7-14(22(24,25)26)3-4-16(17)21(5-6-33-11-18(21)31)29-20(32)15-9-28-30-10-13(12-1-2-12)8-27-19(15)30/h3-4,7-10,12,18,31H,1-2,5-6,11H2,(H,29,32)/t18?,21-/m0/s1. The van der Waals surface area contributed by atoms with E-state index in [-0.39, 0.29) is 36.4 Å². The van der Waals surface area contributed by atoms with Crippen molar-refractivity contribution < 1.29 is 32.2 Å². The predicted octanol–water partition coefficient (Wildman–Crippen LogP) is 3.17. The van der Waals surface area contributed by atoms with E-state index in [2.05, 4.69) is 15.4 Å². The molecule has 1 amide bonds. The van der Waals surface area contributed by atoms with Crippen molar-refractivity contribution in [2.45, 2.75) is 43.0 Å². The summed E-state index contributed by atoms with van der Waals surface area (Å²) in [5.74, 6) is -1.43. The molecule has 3 aromatic rings. The molecular weight excluding hydrogens is 444 g/mol. The molecule has 174 valence electrons. The molecule has 2 atom stereocenters. The fraction of sp³-hybridized carbons (Fsp3) is 0.409. The van der Waals surface area contributed by atoms with E-state index in [1.54, 1.807) is 12.4 Å². The largest absolute Gasteiger partial charge is 0.416 e. The van der Waals surface area contributed by atoms with E-state index in [4.69, 9.17) is 4.74 Å². The number of aliphatic hydroxyl groups is 1. The Kier molecular flexibility index (Phi) is 5.13. The molecule has 2 N–H and O–H groups in total. The molecule has 0 bridgehead atoms. The third kappa shape index (κ3) is 3.84. The topological polar surface area (TPSA) is 88.8 Å². The Morgan fingerprint density at radius 1 is 1.27 bits per heavy atom. The molecular formula is C22H20F4N4O3. The SMILES string of the molecule is O=C(N[C@]1(c2ccc(C(F)(F)F)cc2F)CCOCC1O)c1cnn2cc(C3CC3)cnc12. The van der Waals surface area contributed by atoms with E-state index >= 15 is 0 Å². The summed E-state index contributed by atoms with van der Waals surface area (Å²) in [6, 6.07) is 2.04. The number of nitrogens with one attached hydrogen (secondary N) is 1. The van der Waals surface area contributed by atoms with Gasteiger partial charge in [-0.1, -0.05) is 6.07 Å². The van der Waals surface area contributed by atoms with Gasteiger partial charge >= 0.3 is 6.18 Å². The quantitative estimate of drug-likeness (QED) is 0.579. The lowest BCUT2D eigenvalue weighted by Crippen LogP contribution is -2.58. The maximum atomic E-state index is 14.9. The highest BCUT2D eigenvalue weighted by molar-refractivity contribution is 6.00. The van der Waals surface area contributed by atoms with Crippen LogP contribution in [-0.4, -0.2) is 44.9 Å². The molecule has 1 aromatic carbocycles. The first kappa shape index (κ1) is 21.8. The van der Waals surface area contributed by atoms with Gasteiger partial charge in [-0.25, -0.2) is 13.9 Å². The normalized spacial score (nSPS) is 23.6. The fourth-order valence-electron chi connectivity index (χ4n) is 4.26. The van der Waals surface area contributed by atoms with Crippen LogP contribution >= 0.6 is 0 Å². The van der Waals surface area contributed by atoms with Crippen molar-refractivity contribution in [3.63, 3.8) is 0 Å². The molecule has 11 heteroatoms. The number of hydrogen-bond donors (Lipinski definition) is 2. The Labute approximate surface area is 185 Å². The number of fused-ring (bicyclic) bond motifs is 1. The van der Waals surface area contributed by atoms with Crippen molar-refractivity contribution in [2.24, 2.45) is 0 Å². The molecule has 0 radical (unpaired) electrons. The van der Waals surface area contributed by atoms with Crippen molar-refractivity contribution in [1.29, 1.82) is 0 Å². The third-order valence-corrected chi connectivity index (χ3v) is 6.27. The van der Waals surface area contributed by atoms with Gasteiger partial charge in [0.1, 0.15) is 17.5 Å². The van der Waals surface area contributed by atoms with Crippen LogP contribution in [0.2, 0.25) is 0 Å². The van der Waals surface area contributed by atoms with Gasteiger partial charge in [0.25, 0.3) is 5.91 Å². The van der Waals surface area contributed by atoms with Gasteiger partial charge in [-0.3, -0.25) is 4.79 Å². The lowest BCUT2D eigenvalue weighted by molar-refractivity contribution is -0.137. The minimum atomic E-state index is -4.73. The van der Waals surface area contributed by atoms with Crippen LogP contribution in [0.4, 0.5) is 17.6 Å². The van der Waals surface area contributed by atoms with E-state index in [1.165, 1.54) is 10.7 Å². The number of ether oxygens (including phenoxy) is 1. The summed E-state index contributed by atoms with van der Waals surface area (Å²) in [6.45, 7) is -0.159. The maximum absolute atomic E-state index is 14.9. The molecule has 7 nitrogen and oxygen atoms in total. The summed E-state index contributed by atoms with van der Waals surface area (Å²) < 4.78 is 60.7. The van der Waals surface area contributed by atoms with E-state index < -0.39 is 35.1 Å². The van der Waals surface area contributed by atoms with Gasteiger partial charge in [0.2, 0.25) is 0 Å². The highest BCUT2D eigenvalue weighted by Gasteiger charge is 2.46. The lowest BCUT2D eigenvalue weighted by Gasteiger charge is -2.42. The van der Waals surface area contributed by atoms with Crippen LogP contribution in [-0.2, 0) is 16.5 Å². The van der Waals surface area contributed by atoms with Gasteiger partial charge in [0, 0.05) is 31.0 Å². The first-order valence-corrected chi connectivity index (χ1v) is 10.5. The van der Waals surface area contributed by atoms with E-state index in [1.807, 2.05) is 0 Å². The van der Waals surface area contributed by atoms with Crippen LogP contribution < -0.4 is 5.32 Å². The summed E-state index contributed by atoms with van der Waals surface area (Å²) in [5, 5.41) is 17.6. The number of benzene rings is 1. The molecule has 5 rings (SSSR count). The summed E-state index contributed by atoms with van der Waals surface area (Å²) in [4.78, 5) is 17.6. The fourth-order valence-corrected chi connectivity index (χ4v) is 4.26. The molecule has 1 saturated heterocycles. The number of carbonyl (C=O) groups is 1. The summed E-state index contributed by atoms with van der Waals surface area (Å²) >= 11 is 0. The van der Waals surface area contributed by atoms with Crippen LogP contribution in [0, 0.1) is 5.82 Å². The minimum absolute atomic E-state index is 0.0410. The Morgan fingerprint density at radius 2 is 2.06 bits per heavy atom. The van der Waals surface area contributed by atoms with E-state index in [0.29, 0.717) is 12.0 Å². The van der Waals surface area contributed by atoms with Gasteiger partial charge in [0.05, 0.1) is 23.9 Å². The first-order valence-electron chi connectivity index (χ1n) is 10.5. The van der Waals surface area contributed by atoms with Crippen LogP contribution in [0.15, 0.2) is 36.8 Å². The maximum Gasteiger partial charge on any atom is 0.416 e. The molecule has 33 heavy (non-hydrogen) atoms. The van der Waals surface area contributed by atoms with Crippen molar-refractivity contribution in [3.05, 3.63) is 64.9 Å². The van der Waals surface area contributed by atoms with Gasteiger partial charge in [-0.2, -0.15) is 18.3 Å². The zero-order valence-corrected chi connectivity index (χ0v) is 17.3. The zero-order chi connectivity index (χ0) is 23.4. The van der Waals surface area contributed by atoms with Crippen molar-refractivity contribution in [2.75, 3.05) is 13.2 Å². The number of nitrogens with zero attached hydrogens (tertiary/aromatic N) is 3. The summed E-state index contributed by atoms with van der Waals surface area (Å²) in [7, 11) is 0. The number of aromatic nitrogens is 3. The predicted molar refractivity (Wildman–Crippen MR) is 107 cm³/mol. The average Bonchev–Trinajstić information content (AvgIpc) is 3.53.